The molecule has 1 amide bonds. The number of halogens is 1. The Bertz CT molecular complexity index is 450. The monoisotopic (exact) mass is 264 g/mol. The van der Waals surface area contributed by atoms with Gasteiger partial charge in [0.25, 0.3) is 5.91 Å². The van der Waals surface area contributed by atoms with Gasteiger partial charge in [0, 0.05) is 19.1 Å². The number of nitrogens with one attached hydrogen (secondary N) is 1. The van der Waals surface area contributed by atoms with E-state index in [1.165, 1.54) is 6.07 Å². The van der Waals surface area contributed by atoms with Crippen LogP contribution in [0.25, 0.3) is 0 Å². The average molecular weight is 264 g/mol. The summed E-state index contributed by atoms with van der Waals surface area (Å²) in [4.78, 5) is 14.1. The van der Waals surface area contributed by atoms with Gasteiger partial charge in [0.1, 0.15) is 5.82 Å². The predicted molar refractivity (Wildman–Crippen MR) is 73.5 cm³/mol. The standard InChI is InChI=1S/C15H21FN2O/c1-3-17-14-8-9-18(10-11(14)2)15(19)12-6-4-5-7-13(12)16/h4-7,11,14,17H,3,8-10H2,1-2H3. The van der Waals surface area contributed by atoms with Crippen LogP contribution in [0.3, 0.4) is 0 Å². The molecular formula is C15H21FN2O. The van der Waals surface area contributed by atoms with Gasteiger partial charge in [-0.3, -0.25) is 4.79 Å². The van der Waals surface area contributed by atoms with E-state index >= 15 is 0 Å². The Balaban J connectivity index is 2.04. The molecule has 2 atom stereocenters. The second-order valence-corrected chi connectivity index (χ2v) is 5.16. The lowest BCUT2D eigenvalue weighted by molar-refractivity contribution is 0.0641. The average Bonchev–Trinajstić information content (AvgIpc) is 2.41. The lowest BCUT2D eigenvalue weighted by Crippen LogP contribution is -2.50. The van der Waals surface area contributed by atoms with Crippen LogP contribution in [0.4, 0.5) is 4.39 Å². The van der Waals surface area contributed by atoms with Crippen molar-refractivity contribution in [2.24, 2.45) is 5.92 Å². The van der Waals surface area contributed by atoms with Gasteiger partial charge in [-0.1, -0.05) is 26.0 Å². The number of hydrogen-bond acceptors (Lipinski definition) is 2. The molecule has 0 bridgehead atoms. The molecule has 1 heterocycles. The van der Waals surface area contributed by atoms with E-state index in [2.05, 4.69) is 19.2 Å². The minimum absolute atomic E-state index is 0.177. The van der Waals surface area contributed by atoms with E-state index in [4.69, 9.17) is 0 Å². The predicted octanol–water partition coefficient (Wildman–Crippen LogP) is 2.29. The van der Waals surface area contributed by atoms with Gasteiger partial charge in [-0.2, -0.15) is 0 Å². The maximum absolute atomic E-state index is 13.6. The highest BCUT2D eigenvalue weighted by Gasteiger charge is 2.29. The third kappa shape index (κ3) is 3.13. The molecule has 104 valence electrons. The summed E-state index contributed by atoms with van der Waals surface area (Å²) in [5.74, 6) is -0.238. The second-order valence-electron chi connectivity index (χ2n) is 5.16. The third-order valence-electron chi connectivity index (χ3n) is 3.76. The number of benzene rings is 1. The molecule has 1 fully saturated rings. The lowest BCUT2D eigenvalue weighted by atomic mass is 9.93. The van der Waals surface area contributed by atoms with Crippen LogP contribution in [0.1, 0.15) is 30.6 Å². The van der Waals surface area contributed by atoms with Gasteiger partial charge >= 0.3 is 0 Å². The number of carbonyl (C=O) groups is 1. The first-order valence-electron chi connectivity index (χ1n) is 6.90. The summed E-state index contributed by atoms with van der Waals surface area (Å²) >= 11 is 0. The van der Waals surface area contributed by atoms with Gasteiger partial charge in [-0.05, 0) is 31.0 Å². The summed E-state index contributed by atoms with van der Waals surface area (Å²) in [6.07, 6.45) is 0.926. The Labute approximate surface area is 113 Å². The van der Waals surface area contributed by atoms with Crippen molar-refractivity contribution in [1.29, 1.82) is 0 Å². The van der Waals surface area contributed by atoms with E-state index in [9.17, 15) is 9.18 Å². The topological polar surface area (TPSA) is 32.3 Å². The van der Waals surface area contributed by atoms with Crippen molar-refractivity contribution in [3.8, 4) is 0 Å². The van der Waals surface area contributed by atoms with Crippen molar-refractivity contribution in [2.45, 2.75) is 26.3 Å². The quantitative estimate of drug-likeness (QED) is 0.908. The van der Waals surface area contributed by atoms with Crippen molar-refractivity contribution < 1.29 is 9.18 Å². The molecule has 0 radical (unpaired) electrons. The second kappa shape index (κ2) is 6.15. The molecule has 1 N–H and O–H groups in total. The van der Waals surface area contributed by atoms with Crippen LogP contribution >= 0.6 is 0 Å². The SMILES string of the molecule is CCNC1CCN(C(=O)c2ccccc2F)CC1C. The van der Waals surface area contributed by atoms with Gasteiger partial charge in [0.2, 0.25) is 0 Å². The smallest absolute Gasteiger partial charge is 0.256 e. The van der Waals surface area contributed by atoms with Crippen LogP contribution in [0.5, 0.6) is 0 Å². The van der Waals surface area contributed by atoms with Crippen LogP contribution in [0.15, 0.2) is 24.3 Å². The van der Waals surface area contributed by atoms with Crippen LogP contribution in [-0.2, 0) is 0 Å². The Hall–Kier alpha value is -1.42. The normalized spacial score (nSPS) is 23.4. The summed E-state index contributed by atoms with van der Waals surface area (Å²) in [6, 6.07) is 6.65. The molecule has 3 nitrogen and oxygen atoms in total. The first-order chi connectivity index (χ1) is 9.13. The Morgan fingerprint density at radius 1 is 1.47 bits per heavy atom. The van der Waals surface area contributed by atoms with E-state index in [-0.39, 0.29) is 11.5 Å². The van der Waals surface area contributed by atoms with Crippen LogP contribution < -0.4 is 5.32 Å². The van der Waals surface area contributed by atoms with Gasteiger partial charge in [-0.25, -0.2) is 4.39 Å². The molecule has 4 heteroatoms. The third-order valence-corrected chi connectivity index (χ3v) is 3.76. The van der Waals surface area contributed by atoms with Gasteiger partial charge in [0.05, 0.1) is 5.56 Å². The molecule has 0 aromatic heterocycles. The molecule has 1 aliphatic heterocycles. The van der Waals surface area contributed by atoms with Gasteiger partial charge in [-0.15, -0.1) is 0 Å². The molecule has 19 heavy (non-hydrogen) atoms. The largest absolute Gasteiger partial charge is 0.338 e. The summed E-state index contributed by atoms with van der Waals surface area (Å²) < 4.78 is 13.6. The molecule has 0 aliphatic carbocycles. The minimum atomic E-state index is -0.436. The Morgan fingerprint density at radius 2 is 2.21 bits per heavy atom. The maximum atomic E-state index is 13.6. The van der Waals surface area contributed by atoms with E-state index in [1.54, 1.807) is 23.1 Å². The van der Waals surface area contributed by atoms with E-state index in [0.29, 0.717) is 25.0 Å². The van der Waals surface area contributed by atoms with Crippen molar-refractivity contribution in [3.63, 3.8) is 0 Å². The first kappa shape index (κ1) is 14.0. The first-order valence-corrected chi connectivity index (χ1v) is 6.90. The molecule has 0 saturated carbocycles. The van der Waals surface area contributed by atoms with Crippen molar-refractivity contribution >= 4 is 5.91 Å². The maximum Gasteiger partial charge on any atom is 0.256 e. The Morgan fingerprint density at radius 3 is 2.84 bits per heavy atom. The molecule has 2 unspecified atom stereocenters. The van der Waals surface area contributed by atoms with Crippen LogP contribution in [0, 0.1) is 11.7 Å². The Kier molecular flexibility index (Phi) is 4.53. The zero-order chi connectivity index (χ0) is 13.8. The minimum Gasteiger partial charge on any atom is -0.338 e. The molecule has 1 saturated heterocycles. The molecule has 1 aliphatic rings. The molecule has 1 aromatic rings. The highest BCUT2D eigenvalue weighted by Crippen LogP contribution is 2.19. The number of likely N-dealkylation sites (tertiary alicyclic amines) is 1. The zero-order valence-electron chi connectivity index (χ0n) is 11.5. The zero-order valence-corrected chi connectivity index (χ0v) is 11.5. The summed E-state index contributed by atoms with van der Waals surface area (Å²) in [5.41, 5.74) is 0.177. The fraction of sp³-hybridized carbons (Fsp3) is 0.533. The van der Waals surface area contributed by atoms with Crippen LogP contribution in [0.2, 0.25) is 0 Å². The molecular weight excluding hydrogens is 243 g/mol. The fourth-order valence-electron chi connectivity index (χ4n) is 2.70. The summed E-state index contributed by atoms with van der Waals surface area (Å²) in [5, 5.41) is 3.43. The molecule has 2 rings (SSSR count). The van der Waals surface area contributed by atoms with Crippen molar-refractivity contribution in [3.05, 3.63) is 35.6 Å². The van der Waals surface area contributed by atoms with E-state index in [1.807, 2.05) is 0 Å². The highest BCUT2D eigenvalue weighted by molar-refractivity contribution is 5.94. The van der Waals surface area contributed by atoms with Crippen LogP contribution in [-0.4, -0.2) is 36.5 Å². The fourth-order valence-corrected chi connectivity index (χ4v) is 2.70. The number of carbonyl (C=O) groups excluding carboxylic acids is 1. The van der Waals surface area contributed by atoms with E-state index in [0.717, 1.165) is 13.0 Å². The highest BCUT2D eigenvalue weighted by atomic mass is 19.1. The summed E-state index contributed by atoms with van der Waals surface area (Å²) in [7, 11) is 0. The van der Waals surface area contributed by atoms with Gasteiger partial charge in [0.15, 0.2) is 0 Å². The number of piperidine rings is 1. The molecule has 0 spiro atoms. The van der Waals surface area contributed by atoms with Gasteiger partial charge < -0.3 is 10.2 Å². The number of hydrogen-bond donors (Lipinski definition) is 1. The van der Waals surface area contributed by atoms with Crippen molar-refractivity contribution in [1.82, 2.24) is 10.2 Å². The molecule has 1 aromatic carbocycles. The number of rotatable bonds is 3. The van der Waals surface area contributed by atoms with E-state index < -0.39 is 5.82 Å². The van der Waals surface area contributed by atoms with Crippen molar-refractivity contribution in [2.75, 3.05) is 19.6 Å². The number of nitrogens with zero attached hydrogens (tertiary/aromatic N) is 1. The number of amides is 1. The lowest BCUT2D eigenvalue weighted by Gasteiger charge is -2.37. The summed E-state index contributed by atoms with van der Waals surface area (Å²) in [6.45, 7) is 6.54.